The van der Waals surface area contributed by atoms with Crippen LogP contribution in [0, 0.1) is 6.92 Å². The first kappa shape index (κ1) is 10.8. The molecule has 1 N–H and O–H groups in total. The molecule has 0 fully saturated rings. The Kier molecular flexibility index (Phi) is 2.99. The summed E-state index contributed by atoms with van der Waals surface area (Å²) in [6, 6.07) is 6.25. The molecule has 0 saturated carbocycles. The minimum atomic E-state index is 0.828. The van der Waals surface area contributed by atoms with Crippen LogP contribution < -0.4 is 5.32 Å². The van der Waals surface area contributed by atoms with Gasteiger partial charge in [0.05, 0.1) is 12.2 Å². The Morgan fingerprint density at radius 1 is 1.44 bits per heavy atom. The van der Waals surface area contributed by atoms with E-state index in [0.717, 1.165) is 24.6 Å². The van der Waals surface area contributed by atoms with Gasteiger partial charge >= 0.3 is 0 Å². The molecule has 16 heavy (non-hydrogen) atoms. The summed E-state index contributed by atoms with van der Waals surface area (Å²) in [7, 11) is 2.05. The van der Waals surface area contributed by atoms with Crippen molar-refractivity contribution in [3.8, 4) is 0 Å². The normalized spacial score (nSPS) is 10.7. The van der Waals surface area contributed by atoms with E-state index in [1.54, 1.807) is 0 Å². The van der Waals surface area contributed by atoms with Gasteiger partial charge in [-0.05, 0) is 26.0 Å². The Morgan fingerprint density at radius 2 is 2.25 bits per heavy atom. The lowest BCUT2D eigenvalue weighted by molar-refractivity contribution is 0.656. The van der Waals surface area contributed by atoms with E-state index in [2.05, 4.69) is 53.3 Å². The van der Waals surface area contributed by atoms with Gasteiger partial charge in [0.1, 0.15) is 5.82 Å². The fourth-order valence-electron chi connectivity index (χ4n) is 1.79. The van der Waals surface area contributed by atoms with Crippen LogP contribution in [0.15, 0.2) is 24.4 Å². The number of rotatable bonds is 4. The lowest BCUT2D eigenvalue weighted by Gasteiger charge is -2.08. The van der Waals surface area contributed by atoms with Gasteiger partial charge in [-0.2, -0.15) is 5.10 Å². The summed E-state index contributed by atoms with van der Waals surface area (Å²) < 4.78 is 4.10. The van der Waals surface area contributed by atoms with Crippen molar-refractivity contribution in [1.29, 1.82) is 0 Å². The molecule has 0 aliphatic rings. The van der Waals surface area contributed by atoms with E-state index >= 15 is 0 Å². The van der Waals surface area contributed by atoms with E-state index in [1.165, 1.54) is 5.69 Å². The van der Waals surface area contributed by atoms with Gasteiger partial charge in [0, 0.05) is 31.5 Å². The maximum absolute atomic E-state index is 4.40. The van der Waals surface area contributed by atoms with Crippen LogP contribution in [0.3, 0.4) is 0 Å². The van der Waals surface area contributed by atoms with Gasteiger partial charge in [-0.25, -0.2) is 4.68 Å². The first-order valence-electron chi connectivity index (χ1n) is 5.59. The lowest BCUT2D eigenvalue weighted by Crippen LogP contribution is -2.08. The Bertz CT molecular complexity index is 467. The molecule has 0 spiro atoms. The third kappa shape index (κ3) is 2.10. The van der Waals surface area contributed by atoms with Crippen molar-refractivity contribution >= 4 is 5.82 Å². The molecule has 0 unspecified atom stereocenters. The third-order valence-corrected chi connectivity index (χ3v) is 2.70. The topological polar surface area (TPSA) is 34.8 Å². The molecule has 2 heterocycles. The lowest BCUT2D eigenvalue weighted by atomic mass is 10.4. The summed E-state index contributed by atoms with van der Waals surface area (Å²) in [6.07, 6.45) is 2.05. The van der Waals surface area contributed by atoms with Gasteiger partial charge in [0.15, 0.2) is 0 Å². The minimum absolute atomic E-state index is 0.828. The number of hydrogen-bond acceptors (Lipinski definition) is 2. The van der Waals surface area contributed by atoms with Crippen molar-refractivity contribution in [1.82, 2.24) is 14.3 Å². The monoisotopic (exact) mass is 218 g/mol. The summed E-state index contributed by atoms with van der Waals surface area (Å²) in [5.74, 6) is 1.08. The van der Waals surface area contributed by atoms with Gasteiger partial charge in [-0.1, -0.05) is 0 Å². The molecule has 2 aromatic rings. The fraction of sp³-hybridized carbons (Fsp3) is 0.417. The van der Waals surface area contributed by atoms with Crippen molar-refractivity contribution in [2.75, 3.05) is 5.32 Å². The number of anilines is 1. The van der Waals surface area contributed by atoms with E-state index in [-0.39, 0.29) is 0 Å². The van der Waals surface area contributed by atoms with Crippen molar-refractivity contribution in [2.24, 2.45) is 7.05 Å². The van der Waals surface area contributed by atoms with Crippen LogP contribution in [0.2, 0.25) is 0 Å². The van der Waals surface area contributed by atoms with Crippen LogP contribution in [0.25, 0.3) is 0 Å². The summed E-state index contributed by atoms with van der Waals surface area (Å²) >= 11 is 0. The van der Waals surface area contributed by atoms with Gasteiger partial charge in [-0.3, -0.25) is 0 Å². The van der Waals surface area contributed by atoms with Crippen LogP contribution in [0.1, 0.15) is 18.3 Å². The number of hydrogen-bond donors (Lipinski definition) is 1. The van der Waals surface area contributed by atoms with Gasteiger partial charge in [0.2, 0.25) is 0 Å². The predicted molar refractivity (Wildman–Crippen MR) is 65.4 cm³/mol. The van der Waals surface area contributed by atoms with Crippen LogP contribution >= 0.6 is 0 Å². The average molecular weight is 218 g/mol. The van der Waals surface area contributed by atoms with Crippen molar-refractivity contribution in [2.45, 2.75) is 26.9 Å². The number of aryl methyl sites for hydroxylation is 3. The van der Waals surface area contributed by atoms with Crippen molar-refractivity contribution in [3.63, 3.8) is 0 Å². The molecular weight excluding hydrogens is 200 g/mol. The van der Waals surface area contributed by atoms with E-state index in [9.17, 15) is 0 Å². The molecule has 86 valence electrons. The third-order valence-electron chi connectivity index (χ3n) is 2.70. The molecule has 0 aliphatic heterocycles. The molecule has 0 amide bonds. The second-order valence-electron chi connectivity index (χ2n) is 3.95. The highest BCUT2D eigenvalue weighted by Crippen LogP contribution is 2.11. The Morgan fingerprint density at radius 3 is 2.88 bits per heavy atom. The second-order valence-corrected chi connectivity index (χ2v) is 3.95. The average Bonchev–Trinajstić information content (AvgIpc) is 2.81. The first-order chi connectivity index (χ1) is 7.70. The molecule has 0 atom stereocenters. The molecule has 2 aromatic heterocycles. The summed E-state index contributed by atoms with van der Waals surface area (Å²) in [4.78, 5) is 0. The first-order valence-corrected chi connectivity index (χ1v) is 5.59. The molecule has 4 heteroatoms. The van der Waals surface area contributed by atoms with Gasteiger partial charge < -0.3 is 9.88 Å². The standard InChI is InChI=1S/C12H18N4/c1-4-16-12(8-10(2)14-16)13-9-11-6-5-7-15(11)3/h5-8,13H,4,9H2,1-3H3. The molecule has 0 radical (unpaired) electrons. The van der Waals surface area contributed by atoms with Gasteiger partial charge in [-0.15, -0.1) is 0 Å². The molecular formula is C12H18N4. The quantitative estimate of drug-likeness (QED) is 0.853. The van der Waals surface area contributed by atoms with E-state index in [0.29, 0.717) is 0 Å². The van der Waals surface area contributed by atoms with E-state index < -0.39 is 0 Å². The maximum Gasteiger partial charge on any atom is 0.124 e. The minimum Gasteiger partial charge on any atom is -0.365 e. The molecule has 0 saturated heterocycles. The zero-order valence-corrected chi connectivity index (χ0v) is 10.1. The predicted octanol–water partition coefficient (Wildman–Crippen LogP) is 2.16. The Balaban J connectivity index is 2.07. The smallest absolute Gasteiger partial charge is 0.124 e. The SMILES string of the molecule is CCn1nc(C)cc1NCc1cccn1C. The molecule has 0 aliphatic carbocycles. The van der Waals surface area contributed by atoms with Crippen LogP contribution in [0.5, 0.6) is 0 Å². The fourth-order valence-corrected chi connectivity index (χ4v) is 1.79. The Labute approximate surface area is 95.9 Å². The molecule has 2 rings (SSSR count). The van der Waals surface area contributed by atoms with Crippen LogP contribution in [-0.4, -0.2) is 14.3 Å². The van der Waals surface area contributed by atoms with Gasteiger partial charge in [0.25, 0.3) is 0 Å². The number of nitrogens with zero attached hydrogens (tertiary/aromatic N) is 3. The maximum atomic E-state index is 4.40. The zero-order valence-electron chi connectivity index (χ0n) is 10.1. The molecule has 4 nitrogen and oxygen atoms in total. The van der Waals surface area contributed by atoms with Crippen LogP contribution in [0.4, 0.5) is 5.82 Å². The zero-order chi connectivity index (χ0) is 11.5. The summed E-state index contributed by atoms with van der Waals surface area (Å²) in [5.41, 5.74) is 2.32. The van der Waals surface area contributed by atoms with Crippen molar-refractivity contribution in [3.05, 3.63) is 35.8 Å². The summed E-state index contributed by atoms with van der Waals surface area (Å²) in [5, 5.41) is 7.81. The number of nitrogens with one attached hydrogen (secondary N) is 1. The number of aromatic nitrogens is 3. The van der Waals surface area contributed by atoms with Crippen molar-refractivity contribution < 1.29 is 0 Å². The highest BCUT2D eigenvalue weighted by atomic mass is 15.3. The van der Waals surface area contributed by atoms with Crippen LogP contribution in [-0.2, 0) is 20.1 Å². The molecule has 0 bridgehead atoms. The largest absolute Gasteiger partial charge is 0.365 e. The highest BCUT2D eigenvalue weighted by Gasteiger charge is 2.03. The van der Waals surface area contributed by atoms with E-state index in [4.69, 9.17) is 0 Å². The Hall–Kier alpha value is -1.71. The highest BCUT2D eigenvalue weighted by molar-refractivity contribution is 5.37. The second kappa shape index (κ2) is 4.43. The van der Waals surface area contributed by atoms with E-state index in [1.807, 2.05) is 11.6 Å². The summed E-state index contributed by atoms with van der Waals surface area (Å²) in [6.45, 7) is 5.83. The molecule has 0 aromatic carbocycles.